The number of rotatable bonds is 7. The average molecular weight is 463 g/mol. The molecular formula is C24H30N6O2Si. The molecule has 33 heavy (non-hydrogen) atoms. The Morgan fingerprint density at radius 3 is 2.61 bits per heavy atom. The number of fused-ring (bicyclic) bond motifs is 2. The van der Waals surface area contributed by atoms with Gasteiger partial charge in [0, 0.05) is 18.7 Å². The number of aryl methyl sites for hydroxylation is 1. The summed E-state index contributed by atoms with van der Waals surface area (Å²) < 4.78 is 8.31. The number of hydrogen-bond acceptors (Lipinski definition) is 6. The Balaban J connectivity index is 1.51. The van der Waals surface area contributed by atoms with Crippen LogP contribution in [0.5, 0.6) is 0 Å². The fourth-order valence-corrected chi connectivity index (χ4v) is 4.36. The number of imidazole rings is 1. The molecule has 4 aromatic rings. The maximum absolute atomic E-state index is 12.6. The van der Waals surface area contributed by atoms with Crippen molar-refractivity contribution >= 4 is 42.2 Å². The summed E-state index contributed by atoms with van der Waals surface area (Å²) in [5, 5.41) is 3.71. The highest BCUT2D eigenvalue weighted by molar-refractivity contribution is 6.74. The molecule has 0 spiro atoms. The Morgan fingerprint density at radius 1 is 1.12 bits per heavy atom. The van der Waals surface area contributed by atoms with Gasteiger partial charge in [-0.05, 0) is 42.8 Å². The van der Waals surface area contributed by atoms with Crippen molar-refractivity contribution < 1.29 is 9.22 Å². The van der Waals surface area contributed by atoms with E-state index in [1.165, 1.54) is 6.33 Å². The van der Waals surface area contributed by atoms with Gasteiger partial charge in [0.05, 0.1) is 11.7 Å². The molecule has 0 fully saturated rings. The Bertz CT molecular complexity index is 1280. The molecule has 0 aliphatic carbocycles. The summed E-state index contributed by atoms with van der Waals surface area (Å²) in [7, 11) is -1.75. The summed E-state index contributed by atoms with van der Waals surface area (Å²) in [4.78, 5) is 30.4. The number of nitrogens with one attached hydrogen (secondary N) is 1. The van der Waals surface area contributed by atoms with Crippen LogP contribution in [0.15, 0.2) is 49.1 Å². The second-order valence-electron chi connectivity index (χ2n) is 9.64. The maximum Gasteiger partial charge on any atom is 0.256 e. The van der Waals surface area contributed by atoms with Crippen molar-refractivity contribution in [3.8, 4) is 0 Å². The van der Waals surface area contributed by atoms with Crippen LogP contribution in [0.3, 0.4) is 0 Å². The van der Waals surface area contributed by atoms with Crippen LogP contribution < -0.4 is 5.32 Å². The molecule has 8 nitrogen and oxygen atoms in total. The first-order valence-electron chi connectivity index (χ1n) is 11.1. The Morgan fingerprint density at radius 2 is 1.88 bits per heavy atom. The van der Waals surface area contributed by atoms with Crippen LogP contribution >= 0.6 is 0 Å². The summed E-state index contributed by atoms with van der Waals surface area (Å²) in [6, 6.07) is 10.9. The van der Waals surface area contributed by atoms with Gasteiger partial charge in [-0.15, -0.1) is 0 Å². The van der Waals surface area contributed by atoms with Crippen molar-refractivity contribution in [2.45, 2.75) is 51.9 Å². The van der Waals surface area contributed by atoms with Crippen molar-refractivity contribution in [1.82, 2.24) is 24.5 Å². The molecule has 0 bridgehead atoms. The molecule has 3 aromatic heterocycles. The van der Waals surface area contributed by atoms with E-state index in [1.807, 2.05) is 28.8 Å². The fourth-order valence-electron chi connectivity index (χ4n) is 3.27. The lowest BCUT2D eigenvalue weighted by Crippen LogP contribution is -2.41. The molecule has 0 atom stereocenters. The minimum absolute atomic E-state index is 0.197. The molecule has 0 saturated heterocycles. The monoisotopic (exact) mass is 462 g/mol. The first-order chi connectivity index (χ1) is 15.7. The van der Waals surface area contributed by atoms with E-state index in [0.717, 1.165) is 24.1 Å². The first kappa shape index (κ1) is 23.0. The van der Waals surface area contributed by atoms with Crippen LogP contribution in [0, 0.1) is 0 Å². The molecule has 3 heterocycles. The molecule has 172 valence electrons. The zero-order chi connectivity index (χ0) is 23.6. The molecule has 1 aromatic carbocycles. The second-order valence-corrected chi connectivity index (χ2v) is 14.5. The molecule has 4 rings (SSSR count). The van der Waals surface area contributed by atoms with E-state index >= 15 is 0 Å². The molecule has 0 saturated carbocycles. The van der Waals surface area contributed by atoms with Crippen LogP contribution in [0.1, 0.15) is 37.6 Å². The third-order valence-electron chi connectivity index (χ3n) is 6.27. The van der Waals surface area contributed by atoms with Gasteiger partial charge < -0.3 is 14.3 Å². The van der Waals surface area contributed by atoms with E-state index in [1.54, 1.807) is 18.5 Å². The topological polar surface area (TPSA) is 94.8 Å². The molecule has 0 radical (unpaired) electrons. The number of nitrogens with zero attached hydrogens (tertiary/aromatic N) is 5. The van der Waals surface area contributed by atoms with E-state index in [0.29, 0.717) is 29.0 Å². The third-order valence-corrected chi connectivity index (χ3v) is 10.8. The molecule has 9 heteroatoms. The van der Waals surface area contributed by atoms with E-state index in [9.17, 15) is 4.79 Å². The third kappa shape index (κ3) is 4.94. The number of anilines is 1. The van der Waals surface area contributed by atoms with Gasteiger partial charge >= 0.3 is 0 Å². The number of carbonyl (C=O) groups is 1. The van der Waals surface area contributed by atoms with Crippen molar-refractivity contribution in [1.29, 1.82) is 0 Å². The van der Waals surface area contributed by atoms with Gasteiger partial charge in [-0.25, -0.2) is 19.9 Å². The standard InChI is InChI=1S/C24H30N6O2Si/c1-24(2,3)33(4,5)32-13-9-12-30-16-27-19-14-18-20(28-22(19)30)25-15-26-21(18)29-23(31)17-10-7-6-8-11-17/h6-8,10-11,14-16H,9,12-13H2,1-5H3,(H,25,26,28,29,31). The summed E-state index contributed by atoms with van der Waals surface area (Å²) >= 11 is 0. The summed E-state index contributed by atoms with van der Waals surface area (Å²) in [6.07, 6.45) is 4.08. The minimum atomic E-state index is -1.75. The summed E-state index contributed by atoms with van der Waals surface area (Å²) in [5.74, 6) is 0.184. The average Bonchev–Trinajstić information content (AvgIpc) is 3.17. The van der Waals surface area contributed by atoms with E-state index in [4.69, 9.17) is 9.41 Å². The number of aromatic nitrogens is 5. The van der Waals surface area contributed by atoms with Gasteiger partial charge in [0.1, 0.15) is 17.7 Å². The Labute approximate surface area is 194 Å². The molecule has 0 aliphatic heterocycles. The van der Waals surface area contributed by atoms with E-state index in [2.05, 4.69) is 54.1 Å². The van der Waals surface area contributed by atoms with Gasteiger partial charge in [0.15, 0.2) is 19.6 Å². The second kappa shape index (κ2) is 8.99. The lowest BCUT2D eigenvalue weighted by molar-refractivity contribution is 0.102. The normalized spacial score (nSPS) is 12.4. The van der Waals surface area contributed by atoms with Gasteiger partial charge in [-0.3, -0.25) is 4.79 Å². The van der Waals surface area contributed by atoms with Crippen LogP contribution in [-0.4, -0.2) is 45.3 Å². The minimum Gasteiger partial charge on any atom is -0.417 e. The molecule has 0 unspecified atom stereocenters. The number of pyridine rings is 1. The SMILES string of the molecule is CC(C)(C)[Si](C)(C)OCCCn1cnc2cc3c(NC(=O)c4ccccc4)ncnc3nc21. The highest BCUT2D eigenvalue weighted by atomic mass is 28.4. The van der Waals surface area contributed by atoms with E-state index < -0.39 is 8.32 Å². The zero-order valence-corrected chi connectivity index (χ0v) is 20.8. The van der Waals surface area contributed by atoms with Gasteiger partial charge in [-0.1, -0.05) is 39.0 Å². The summed E-state index contributed by atoms with van der Waals surface area (Å²) in [5.41, 5.74) is 2.56. The van der Waals surface area contributed by atoms with Crippen LogP contribution in [-0.2, 0) is 11.0 Å². The molecular weight excluding hydrogens is 432 g/mol. The van der Waals surface area contributed by atoms with Gasteiger partial charge in [0.25, 0.3) is 5.91 Å². The molecule has 0 aliphatic rings. The maximum atomic E-state index is 12.6. The van der Waals surface area contributed by atoms with Crippen LogP contribution in [0.25, 0.3) is 22.2 Å². The zero-order valence-electron chi connectivity index (χ0n) is 19.8. The highest BCUT2D eigenvalue weighted by Gasteiger charge is 2.36. The first-order valence-corrected chi connectivity index (χ1v) is 14.0. The van der Waals surface area contributed by atoms with E-state index in [-0.39, 0.29) is 10.9 Å². The van der Waals surface area contributed by atoms with Gasteiger partial charge in [0.2, 0.25) is 0 Å². The van der Waals surface area contributed by atoms with Crippen molar-refractivity contribution in [2.75, 3.05) is 11.9 Å². The summed E-state index contributed by atoms with van der Waals surface area (Å²) in [6.45, 7) is 12.7. The largest absolute Gasteiger partial charge is 0.417 e. The number of hydrogen-bond donors (Lipinski definition) is 1. The lowest BCUT2D eigenvalue weighted by atomic mass is 10.2. The number of carbonyl (C=O) groups excluding carboxylic acids is 1. The Hall–Kier alpha value is -3.17. The number of amides is 1. The highest BCUT2D eigenvalue weighted by Crippen LogP contribution is 2.36. The predicted molar refractivity (Wildman–Crippen MR) is 133 cm³/mol. The van der Waals surface area contributed by atoms with Gasteiger partial charge in [-0.2, -0.15) is 0 Å². The van der Waals surface area contributed by atoms with Crippen molar-refractivity contribution in [3.05, 3.63) is 54.6 Å². The lowest BCUT2D eigenvalue weighted by Gasteiger charge is -2.36. The number of benzene rings is 1. The van der Waals surface area contributed by atoms with Crippen molar-refractivity contribution in [2.24, 2.45) is 0 Å². The van der Waals surface area contributed by atoms with Crippen molar-refractivity contribution in [3.63, 3.8) is 0 Å². The molecule has 1 N–H and O–H groups in total. The predicted octanol–water partition coefficient (Wildman–Crippen LogP) is 5.04. The Kier molecular flexibility index (Phi) is 6.27. The van der Waals surface area contributed by atoms with Crippen LogP contribution in [0.4, 0.5) is 5.82 Å². The quantitative estimate of drug-likeness (QED) is 0.305. The van der Waals surface area contributed by atoms with Crippen LogP contribution in [0.2, 0.25) is 18.1 Å². The smallest absolute Gasteiger partial charge is 0.256 e. The fraction of sp³-hybridized carbons (Fsp3) is 0.375. The molecule has 1 amide bonds.